The number of rotatable bonds is 4. The molecule has 0 saturated heterocycles. The van der Waals surface area contributed by atoms with Gasteiger partial charge in [0, 0.05) is 18.6 Å². The molecule has 2 aromatic carbocycles. The highest BCUT2D eigenvalue weighted by Crippen LogP contribution is 2.29. The lowest BCUT2D eigenvalue weighted by molar-refractivity contribution is 0.0696. The minimum Gasteiger partial charge on any atom is -0.488 e. The van der Waals surface area contributed by atoms with Gasteiger partial charge in [0.15, 0.2) is 0 Å². The molecule has 0 bridgehead atoms. The van der Waals surface area contributed by atoms with Gasteiger partial charge in [0.05, 0.1) is 11.1 Å². The van der Waals surface area contributed by atoms with Gasteiger partial charge in [-0.2, -0.15) is 0 Å². The van der Waals surface area contributed by atoms with E-state index in [-0.39, 0.29) is 5.56 Å². The number of benzene rings is 2. The molecular formula is C17H15NO3. The van der Waals surface area contributed by atoms with Gasteiger partial charge in [-0.25, -0.2) is 4.79 Å². The number of fused-ring (bicyclic) bond motifs is 1. The quantitative estimate of drug-likeness (QED) is 0.796. The van der Waals surface area contributed by atoms with Crippen molar-refractivity contribution in [2.45, 2.75) is 6.61 Å². The van der Waals surface area contributed by atoms with E-state index < -0.39 is 5.97 Å². The van der Waals surface area contributed by atoms with Gasteiger partial charge in [-0.15, -0.1) is 0 Å². The minimum absolute atomic E-state index is 0.229. The van der Waals surface area contributed by atoms with Crippen molar-refractivity contribution >= 4 is 16.9 Å². The normalized spacial score (nSPS) is 10.7. The van der Waals surface area contributed by atoms with Gasteiger partial charge < -0.3 is 14.4 Å². The second kappa shape index (κ2) is 5.32. The van der Waals surface area contributed by atoms with Crippen LogP contribution in [0.5, 0.6) is 5.75 Å². The van der Waals surface area contributed by atoms with E-state index >= 15 is 0 Å². The molecule has 0 atom stereocenters. The summed E-state index contributed by atoms with van der Waals surface area (Å²) in [5, 5.41) is 10.1. The van der Waals surface area contributed by atoms with Crippen molar-refractivity contribution in [2.24, 2.45) is 7.05 Å². The number of carboxylic acids is 1. The molecule has 0 aliphatic carbocycles. The van der Waals surface area contributed by atoms with Crippen LogP contribution in [-0.4, -0.2) is 15.6 Å². The summed E-state index contributed by atoms with van der Waals surface area (Å²) >= 11 is 0. The Balaban J connectivity index is 1.98. The Morgan fingerprint density at radius 1 is 1.19 bits per heavy atom. The van der Waals surface area contributed by atoms with E-state index in [1.165, 1.54) is 0 Å². The van der Waals surface area contributed by atoms with Crippen LogP contribution < -0.4 is 4.74 Å². The molecule has 0 unspecified atom stereocenters. The fourth-order valence-corrected chi connectivity index (χ4v) is 2.32. The van der Waals surface area contributed by atoms with Crippen LogP contribution in [0.25, 0.3) is 10.9 Å². The zero-order valence-electron chi connectivity index (χ0n) is 11.6. The average Bonchev–Trinajstić information content (AvgIpc) is 2.87. The number of ether oxygens (including phenoxy) is 1. The Morgan fingerprint density at radius 3 is 2.67 bits per heavy atom. The topological polar surface area (TPSA) is 51.5 Å². The third kappa shape index (κ3) is 2.60. The van der Waals surface area contributed by atoms with Crippen molar-refractivity contribution in [2.75, 3.05) is 0 Å². The molecule has 0 amide bonds. The number of aromatic carboxylic acids is 1. The van der Waals surface area contributed by atoms with Crippen LogP contribution in [0.2, 0.25) is 0 Å². The van der Waals surface area contributed by atoms with E-state index in [2.05, 4.69) is 0 Å². The molecule has 1 heterocycles. The van der Waals surface area contributed by atoms with Crippen molar-refractivity contribution < 1.29 is 14.6 Å². The Morgan fingerprint density at radius 2 is 1.95 bits per heavy atom. The first-order chi connectivity index (χ1) is 10.1. The minimum atomic E-state index is -0.956. The molecule has 3 rings (SSSR count). The maximum atomic E-state index is 11.2. The SMILES string of the molecule is Cn1ccc2c(OCc3ccccc3)cc(C(=O)O)cc21. The summed E-state index contributed by atoms with van der Waals surface area (Å²) in [7, 11) is 1.88. The second-order valence-electron chi connectivity index (χ2n) is 4.91. The van der Waals surface area contributed by atoms with Gasteiger partial charge in [0.2, 0.25) is 0 Å². The highest BCUT2D eigenvalue weighted by Gasteiger charge is 2.12. The number of nitrogens with zero attached hydrogens (tertiary/aromatic N) is 1. The molecule has 4 nitrogen and oxygen atoms in total. The monoisotopic (exact) mass is 281 g/mol. The lowest BCUT2D eigenvalue weighted by atomic mass is 10.1. The third-order valence-corrected chi connectivity index (χ3v) is 3.45. The van der Waals surface area contributed by atoms with Gasteiger partial charge in [0.25, 0.3) is 0 Å². The first kappa shape index (κ1) is 13.2. The molecule has 0 fully saturated rings. The molecule has 1 aromatic heterocycles. The molecule has 0 aliphatic heterocycles. The second-order valence-corrected chi connectivity index (χ2v) is 4.91. The van der Waals surface area contributed by atoms with Gasteiger partial charge in [-0.05, 0) is 23.8 Å². The van der Waals surface area contributed by atoms with Crippen molar-refractivity contribution in [1.29, 1.82) is 0 Å². The number of hydrogen-bond donors (Lipinski definition) is 1. The lowest BCUT2D eigenvalue weighted by Gasteiger charge is -2.09. The molecule has 0 saturated carbocycles. The van der Waals surface area contributed by atoms with Crippen LogP contribution in [0.15, 0.2) is 54.7 Å². The first-order valence-corrected chi connectivity index (χ1v) is 6.64. The first-order valence-electron chi connectivity index (χ1n) is 6.64. The number of hydrogen-bond acceptors (Lipinski definition) is 2. The maximum absolute atomic E-state index is 11.2. The molecule has 1 N–H and O–H groups in total. The Kier molecular flexibility index (Phi) is 3.36. The fourth-order valence-electron chi connectivity index (χ4n) is 2.32. The highest BCUT2D eigenvalue weighted by atomic mass is 16.5. The molecule has 3 aromatic rings. The number of carboxylic acid groups (broad SMARTS) is 1. The predicted molar refractivity (Wildman–Crippen MR) is 80.7 cm³/mol. The molecule has 4 heteroatoms. The van der Waals surface area contributed by atoms with Gasteiger partial charge in [-0.1, -0.05) is 30.3 Å². The lowest BCUT2D eigenvalue weighted by Crippen LogP contribution is -2.01. The molecule has 0 spiro atoms. The van der Waals surface area contributed by atoms with Crippen molar-refractivity contribution in [3.8, 4) is 5.75 Å². The summed E-state index contributed by atoms with van der Waals surface area (Å²) in [4.78, 5) is 11.2. The molecule has 21 heavy (non-hydrogen) atoms. The summed E-state index contributed by atoms with van der Waals surface area (Å²) < 4.78 is 7.72. The summed E-state index contributed by atoms with van der Waals surface area (Å²) in [6, 6.07) is 15.0. The highest BCUT2D eigenvalue weighted by molar-refractivity contribution is 5.96. The number of carbonyl (C=O) groups is 1. The number of aromatic nitrogens is 1. The zero-order valence-corrected chi connectivity index (χ0v) is 11.6. The van der Waals surface area contributed by atoms with E-state index in [0.717, 1.165) is 16.5 Å². The van der Waals surface area contributed by atoms with Crippen molar-refractivity contribution in [3.05, 3.63) is 65.9 Å². The molecule has 0 aliphatic rings. The van der Waals surface area contributed by atoms with Gasteiger partial charge >= 0.3 is 5.97 Å². The summed E-state index contributed by atoms with van der Waals surface area (Å²) in [6.07, 6.45) is 1.89. The summed E-state index contributed by atoms with van der Waals surface area (Å²) in [5.41, 5.74) is 2.12. The molecular weight excluding hydrogens is 266 g/mol. The van der Waals surface area contributed by atoms with E-state index in [1.807, 2.05) is 54.2 Å². The van der Waals surface area contributed by atoms with Crippen LogP contribution in [0.4, 0.5) is 0 Å². The van der Waals surface area contributed by atoms with Crippen molar-refractivity contribution in [1.82, 2.24) is 4.57 Å². The number of aryl methyl sites for hydroxylation is 1. The van der Waals surface area contributed by atoms with Crippen LogP contribution in [0.3, 0.4) is 0 Å². The summed E-state index contributed by atoms with van der Waals surface area (Å²) in [5.74, 6) is -0.364. The van der Waals surface area contributed by atoms with E-state index in [9.17, 15) is 9.90 Å². The molecule has 0 radical (unpaired) electrons. The summed E-state index contributed by atoms with van der Waals surface area (Å²) in [6.45, 7) is 0.411. The zero-order chi connectivity index (χ0) is 14.8. The Labute approximate surface area is 122 Å². The van der Waals surface area contributed by atoms with Gasteiger partial charge in [-0.3, -0.25) is 0 Å². The van der Waals surface area contributed by atoms with Crippen LogP contribution >= 0.6 is 0 Å². The Bertz CT molecular complexity index is 790. The van der Waals surface area contributed by atoms with E-state index in [4.69, 9.17) is 4.74 Å². The van der Waals surface area contributed by atoms with E-state index in [0.29, 0.717) is 12.4 Å². The fraction of sp³-hybridized carbons (Fsp3) is 0.118. The average molecular weight is 281 g/mol. The smallest absolute Gasteiger partial charge is 0.335 e. The van der Waals surface area contributed by atoms with Crippen LogP contribution in [0, 0.1) is 0 Å². The predicted octanol–water partition coefficient (Wildman–Crippen LogP) is 3.46. The largest absolute Gasteiger partial charge is 0.488 e. The Hall–Kier alpha value is -2.75. The molecule has 106 valence electrons. The van der Waals surface area contributed by atoms with Crippen molar-refractivity contribution in [3.63, 3.8) is 0 Å². The van der Waals surface area contributed by atoms with Crippen LogP contribution in [-0.2, 0) is 13.7 Å². The third-order valence-electron chi connectivity index (χ3n) is 3.45. The van der Waals surface area contributed by atoms with Crippen LogP contribution in [0.1, 0.15) is 15.9 Å². The van der Waals surface area contributed by atoms with Gasteiger partial charge in [0.1, 0.15) is 12.4 Å². The van der Waals surface area contributed by atoms with E-state index in [1.54, 1.807) is 12.1 Å². The standard InChI is InChI=1S/C17H15NO3/c1-18-8-7-14-15(18)9-13(17(19)20)10-16(14)21-11-12-5-3-2-4-6-12/h2-10H,11H2,1H3,(H,19,20). The maximum Gasteiger partial charge on any atom is 0.335 e.